The average Bonchev–Trinajstić information content (AvgIpc) is 3.20. The maximum Gasteiger partial charge on any atom is 0.397 e. The fraction of sp³-hybridized carbons (Fsp3) is 0.891. The molecule has 6 atom stereocenters. The molecular formula is C46H86O12S. The second kappa shape index (κ2) is 38.3. The summed E-state index contributed by atoms with van der Waals surface area (Å²) in [7, 11) is -5.06. The first-order valence-corrected chi connectivity index (χ1v) is 25.0. The molecule has 0 amide bonds. The second-order valence-electron chi connectivity index (χ2n) is 16.4. The highest BCUT2D eigenvalue weighted by molar-refractivity contribution is 7.80. The van der Waals surface area contributed by atoms with Crippen LogP contribution < -0.4 is 0 Å². The van der Waals surface area contributed by atoms with Crippen LogP contribution in [-0.4, -0.2) is 97.5 Å². The summed E-state index contributed by atoms with van der Waals surface area (Å²) in [5.41, 5.74) is 0. The standard InChI is InChI=1S/C46H86O12S/c1-3-5-7-9-11-13-15-17-18-19-20-21-22-24-26-28-30-32-34-36-54-38-40(39-55-46-44(50)45(58-59(51,52)53)43(49)41(37-47)57-46)56-42(48)35-33-31-29-27-25-23-16-14-12-10-8-6-4-2/h8,10,14,16,40-41,43-47,49-50H,3-7,9,11-13,15,17-39H2,1-2H3,(H,51,52,53)/b10-8-,16-14-. The van der Waals surface area contributed by atoms with E-state index in [1.54, 1.807) is 0 Å². The van der Waals surface area contributed by atoms with E-state index in [4.69, 9.17) is 23.5 Å². The van der Waals surface area contributed by atoms with E-state index in [1.165, 1.54) is 109 Å². The van der Waals surface area contributed by atoms with Crippen molar-refractivity contribution in [1.82, 2.24) is 0 Å². The summed E-state index contributed by atoms with van der Waals surface area (Å²) < 4.78 is 59.1. The van der Waals surface area contributed by atoms with Crippen molar-refractivity contribution < 1.29 is 56.2 Å². The zero-order valence-electron chi connectivity index (χ0n) is 37.1. The van der Waals surface area contributed by atoms with Crippen molar-refractivity contribution in [1.29, 1.82) is 0 Å². The molecule has 13 heteroatoms. The quantitative estimate of drug-likeness (QED) is 0.0198. The largest absolute Gasteiger partial charge is 0.457 e. The summed E-state index contributed by atoms with van der Waals surface area (Å²) >= 11 is 0. The minimum atomic E-state index is -5.06. The van der Waals surface area contributed by atoms with Crippen LogP contribution in [-0.2, 0) is 38.3 Å². The molecule has 6 unspecified atom stereocenters. The van der Waals surface area contributed by atoms with Crippen molar-refractivity contribution in [3.63, 3.8) is 0 Å². The predicted molar refractivity (Wildman–Crippen MR) is 234 cm³/mol. The Bertz CT molecular complexity index is 1130. The van der Waals surface area contributed by atoms with Crippen LogP contribution in [0.5, 0.6) is 0 Å². The van der Waals surface area contributed by atoms with E-state index < -0.39 is 59.8 Å². The van der Waals surface area contributed by atoms with Gasteiger partial charge in [0.2, 0.25) is 0 Å². The van der Waals surface area contributed by atoms with Crippen LogP contribution in [0, 0.1) is 0 Å². The van der Waals surface area contributed by atoms with Crippen LogP contribution >= 0.6 is 0 Å². The lowest BCUT2D eigenvalue weighted by atomic mass is 9.99. The molecule has 1 aliphatic heterocycles. The topological polar surface area (TPSA) is 178 Å². The van der Waals surface area contributed by atoms with E-state index in [0.717, 1.165) is 64.2 Å². The van der Waals surface area contributed by atoms with Gasteiger partial charge in [-0.15, -0.1) is 0 Å². The number of aliphatic hydroxyl groups excluding tert-OH is 3. The Labute approximate surface area is 359 Å². The molecule has 0 aromatic heterocycles. The number of carbonyl (C=O) groups excluding carboxylic acids is 1. The molecule has 1 saturated heterocycles. The van der Waals surface area contributed by atoms with Crippen LogP contribution in [0.2, 0.25) is 0 Å². The van der Waals surface area contributed by atoms with Gasteiger partial charge < -0.3 is 34.3 Å². The minimum Gasteiger partial charge on any atom is -0.457 e. The van der Waals surface area contributed by atoms with Crippen LogP contribution in [0.25, 0.3) is 0 Å². The zero-order valence-corrected chi connectivity index (χ0v) is 37.9. The van der Waals surface area contributed by atoms with Gasteiger partial charge in [0, 0.05) is 13.0 Å². The molecule has 348 valence electrons. The van der Waals surface area contributed by atoms with Gasteiger partial charge in [0.05, 0.1) is 19.8 Å². The SMILES string of the molecule is CCC/C=C\C/C=C\CCCCCCCC(=O)OC(COCCCCCCCCCCCCCCCCCCCCC)COC1OC(CO)C(O)C(OS(=O)(=O)O)C1O. The monoisotopic (exact) mass is 863 g/mol. The smallest absolute Gasteiger partial charge is 0.397 e. The number of hydrogen-bond acceptors (Lipinski definition) is 11. The summed E-state index contributed by atoms with van der Waals surface area (Å²) in [6, 6.07) is 0. The normalized spacial score (nSPS) is 20.5. The third-order valence-corrected chi connectivity index (χ3v) is 11.3. The van der Waals surface area contributed by atoms with E-state index in [1.807, 2.05) is 0 Å². The fourth-order valence-corrected chi connectivity index (χ4v) is 7.75. The maximum atomic E-state index is 12.8. The lowest BCUT2D eigenvalue weighted by molar-refractivity contribution is -0.301. The lowest BCUT2D eigenvalue weighted by Crippen LogP contribution is -2.60. The molecule has 1 heterocycles. The first-order valence-electron chi connectivity index (χ1n) is 23.6. The molecule has 0 radical (unpaired) electrons. The van der Waals surface area contributed by atoms with E-state index >= 15 is 0 Å². The van der Waals surface area contributed by atoms with Crippen molar-refractivity contribution in [3.05, 3.63) is 24.3 Å². The van der Waals surface area contributed by atoms with Crippen LogP contribution in [0.15, 0.2) is 24.3 Å². The van der Waals surface area contributed by atoms with Crippen LogP contribution in [0.3, 0.4) is 0 Å². The number of hydrogen-bond donors (Lipinski definition) is 4. The first-order chi connectivity index (χ1) is 28.6. The molecule has 0 aromatic rings. The number of carbonyl (C=O) groups is 1. The van der Waals surface area contributed by atoms with Gasteiger partial charge in [-0.1, -0.05) is 179 Å². The number of ether oxygens (including phenoxy) is 4. The molecule has 1 rings (SSSR count). The average molecular weight is 863 g/mol. The van der Waals surface area contributed by atoms with Gasteiger partial charge in [-0.3, -0.25) is 9.35 Å². The summed E-state index contributed by atoms with van der Waals surface area (Å²) in [6.07, 6.45) is 33.6. The van der Waals surface area contributed by atoms with Crippen molar-refractivity contribution >= 4 is 16.4 Å². The van der Waals surface area contributed by atoms with E-state index in [9.17, 15) is 28.5 Å². The molecule has 0 aromatic carbocycles. The van der Waals surface area contributed by atoms with Crippen LogP contribution in [0.4, 0.5) is 0 Å². The molecule has 0 saturated carbocycles. The Morgan fingerprint density at radius 1 is 0.644 bits per heavy atom. The number of rotatable bonds is 41. The van der Waals surface area contributed by atoms with Gasteiger partial charge in [-0.05, 0) is 38.5 Å². The van der Waals surface area contributed by atoms with Crippen LogP contribution in [0.1, 0.15) is 200 Å². The van der Waals surface area contributed by atoms with E-state index in [0.29, 0.717) is 13.0 Å². The highest BCUT2D eigenvalue weighted by atomic mass is 32.3. The van der Waals surface area contributed by atoms with Gasteiger partial charge in [0.15, 0.2) is 6.29 Å². The Morgan fingerprint density at radius 2 is 1.15 bits per heavy atom. The van der Waals surface area contributed by atoms with Crippen molar-refractivity contribution in [2.24, 2.45) is 0 Å². The number of aliphatic hydroxyl groups is 3. The molecular weight excluding hydrogens is 777 g/mol. The Kier molecular flexibility index (Phi) is 36.1. The summed E-state index contributed by atoms with van der Waals surface area (Å²) in [4.78, 5) is 12.8. The second-order valence-corrected chi connectivity index (χ2v) is 17.4. The molecule has 0 bridgehead atoms. The summed E-state index contributed by atoms with van der Waals surface area (Å²) in [5.74, 6) is -0.411. The predicted octanol–water partition coefficient (Wildman–Crippen LogP) is 10.0. The number of unbranched alkanes of at least 4 members (excludes halogenated alkanes) is 24. The lowest BCUT2D eigenvalue weighted by Gasteiger charge is -2.41. The highest BCUT2D eigenvalue weighted by Crippen LogP contribution is 2.26. The van der Waals surface area contributed by atoms with Gasteiger partial charge in [-0.2, -0.15) is 8.42 Å². The Hall–Kier alpha value is -1.42. The number of allylic oxidation sites excluding steroid dienone is 4. The summed E-state index contributed by atoms with van der Waals surface area (Å²) in [5, 5.41) is 30.7. The fourth-order valence-electron chi connectivity index (χ4n) is 7.24. The van der Waals surface area contributed by atoms with E-state index in [2.05, 4.69) is 42.3 Å². The maximum absolute atomic E-state index is 12.8. The molecule has 0 aliphatic carbocycles. The zero-order chi connectivity index (χ0) is 43.2. The molecule has 59 heavy (non-hydrogen) atoms. The molecule has 1 fully saturated rings. The molecule has 12 nitrogen and oxygen atoms in total. The number of esters is 1. The molecule has 4 N–H and O–H groups in total. The Balaban J connectivity index is 2.38. The Morgan fingerprint density at radius 3 is 1.68 bits per heavy atom. The highest BCUT2D eigenvalue weighted by Gasteiger charge is 2.48. The van der Waals surface area contributed by atoms with Gasteiger partial charge in [-0.25, -0.2) is 4.18 Å². The van der Waals surface area contributed by atoms with Gasteiger partial charge in [0.25, 0.3) is 0 Å². The third-order valence-electron chi connectivity index (χ3n) is 10.8. The summed E-state index contributed by atoms with van der Waals surface area (Å²) in [6.45, 7) is 3.93. The minimum absolute atomic E-state index is 0.0342. The first kappa shape index (κ1) is 55.6. The molecule has 1 aliphatic rings. The van der Waals surface area contributed by atoms with E-state index in [-0.39, 0.29) is 19.6 Å². The van der Waals surface area contributed by atoms with Crippen molar-refractivity contribution in [2.75, 3.05) is 26.4 Å². The van der Waals surface area contributed by atoms with Gasteiger partial charge in [0.1, 0.15) is 30.5 Å². The van der Waals surface area contributed by atoms with Gasteiger partial charge >= 0.3 is 16.4 Å². The van der Waals surface area contributed by atoms with Crippen molar-refractivity contribution in [3.8, 4) is 0 Å². The molecule has 0 spiro atoms. The third kappa shape index (κ3) is 32.0. The van der Waals surface area contributed by atoms with Crippen molar-refractivity contribution in [2.45, 2.75) is 237 Å².